The Hall–Kier alpha value is -2.13. The number of ether oxygens (including phenoxy) is 1. The fourth-order valence-corrected chi connectivity index (χ4v) is 3.34. The maximum atomic E-state index is 12.0. The highest BCUT2D eigenvalue weighted by Crippen LogP contribution is 2.24. The van der Waals surface area contributed by atoms with E-state index in [1.807, 2.05) is 12.1 Å². The van der Waals surface area contributed by atoms with Crippen LogP contribution < -0.4 is 15.4 Å². The number of nitrogens with one attached hydrogen (secondary N) is 1. The lowest BCUT2D eigenvalue weighted by atomic mass is 10.1. The number of benzene rings is 1. The van der Waals surface area contributed by atoms with Crippen molar-refractivity contribution in [2.24, 2.45) is 5.14 Å². The van der Waals surface area contributed by atoms with Gasteiger partial charge in [-0.15, -0.1) is 0 Å². The van der Waals surface area contributed by atoms with E-state index < -0.39 is 27.0 Å². The van der Waals surface area contributed by atoms with Crippen molar-refractivity contribution in [1.29, 1.82) is 0 Å². The molecule has 1 unspecified atom stereocenters. The zero-order valence-corrected chi connectivity index (χ0v) is 16.0. The number of rotatable bonds is 5. The second-order valence-electron chi connectivity index (χ2n) is 7.26. The highest BCUT2D eigenvalue weighted by atomic mass is 32.2. The predicted molar refractivity (Wildman–Crippen MR) is 98.2 cm³/mol. The summed E-state index contributed by atoms with van der Waals surface area (Å²) in [5.41, 5.74) is 1.06. The van der Waals surface area contributed by atoms with E-state index in [4.69, 9.17) is 9.88 Å². The van der Waals surface area contributed by atoms with Crippen molar-refractivity contribution < 1.29 is 22.7 Å². The fraction of sp³-hybridized carbons (Fsp3) is 0.529. The van der Waals surface area contributed by atoms with Crippen LogP contribution in [0.15, 0.2) is 24.3 Å². The van der Waals surface area contributed by atoms with E-state index >= 15 is 0 Å². The Bertz CT molecular complexity index is 769. The number of nitrogens with two attached hydrogens (primary N) is 1. The Kier molecular flexibility index (Phi) is 5.92. The molecular weight excluding hydrogens is 358 g/mol. The zero-order valence-electron chi connectivity index (χ0n) is 15.2. The molecule has 2 rings (SSSR count). The normalized spacial score (nSPS) is 18.1. The van der Waals surface area contributed by atoms with Gasteiger partial charge >= 0.3 is 6.09 Å². The van der Waals surface area contributed by atoms with Crippen molar-refractivity contribution in [2.75, 3.05) is 18.0 Å². The van der Waals surface area contributed by atoms with E-state index in [1.54, 1.807) is 32.9 Å². The van der Waals surface area contributed by atoms with Gasteiger partial charge in [-0.2, -0.15) is 0 Å². The molecule has 1 aromatic rings. The lowest BCUT2D eigenvalue weighted by Crippen LogP contribution is -2.33. The van der Waals surface area contributed by atoms with Gasteiger partial charge in [-0.05, 0) is 44.9 Å². The molecule has 144 valence electrons. The minimum absolute atomic E-state index is 0.0667. The molecule has 1 saturated heterocycles. The van der Waals surface area contributed by atoms with Crippen LogP contribution in [0.3, 0.4) is 0 Å². The number of anilines is 1. The molecule has 1 aromatic carbocycles. The number of primary sulfonamides is 1. The molecule has 2 amide bonds. The highest BCUT2D eigenvalue weighted by Gasteiger charge is 2.37. The number of sulfonamides is 1. The molecular formula is C17H25N3O5S. The molecule has 0 bridgehead atoms. The van der Waals surface area contributed by atoms with Gasteiger partial charge in [0.05, 0.1) is 0 Å². The van der Waals surface area contributed by atoms with Gasteiger partial charge in [-0.1, -0.05) is 12.1 Å². The summed E-state index contributed by atoms with van der Waals surface area (Å²) >= 11 is 0. The maximum absolute atomic E-state index is 12.0. The summed E-state index contributed by atoms with van der Waals surface area (Å²) in [5, 5.41) is 6.95. The molecule has 26 heavy (non-hydrogen) atoms. The molecule has 0 aromatic heterocycles. The van der Waals surface area contributed by atoms with Crippen molar-refractivity contribution in [2.45, 2.75) is 44.5 Å². The average Bonchev–Trinajstić information content (AvgIpc) is 2.88. The van der Waals surface area contributed by atoms with Crippen molar-refractivity contribution >= 4 is 27.7 Å². The van der Waals surface area contributed by atoms with E-state index in [9.17, 15) is 18.0 Å². The Morgan fingerprint density at radius 3 is 2.42 bits per heavy atom. The topological polar surface area (TPSA) is 119 Å². The van der Waals surface area contributed by atoms with Gasteiger partial charge in [0.15, 0.2) is 0 Å². The molecule has 0 aliphatic carbocycles. The smallest absolute Gasteiger partial charge is 0.407 e. The fourth-order valence-electron chi connectivity index (χ4n) is 2.61. The van der Waals surface area contributed by atoms with E-state index in [0.717, 1.165) is 5.56 Å². The van der Waals surface area contributed by atoms with E-state index in [-0.39, 0.29) is 18.9 Å². The van der Waals surface area contributed by atoms with Crippen molar-refractivity contribution in [3.8, 4) is 0 Å². The predicted octanol–water partition coefficient (Wildman–Crippen LogP) is 1.15. The minimum Gasteiger partial charge on any atom is -0.444 e. The zero-order chi connectivity index (χ0) is 19.5. The molecule has 1 atom stereocenters. The van der Waals surface area contributed by atoms with Crippen LogP contribution in [0.4, 0.5) is 10.5 Å². The number of hydrogen-bond donors (Lipinski definition) is 2. The van der Waals surface area contributed by atoms with Gasteiger partial charge in [0.25, 0.3) is 0 Å². The second kappa shape index (κ2) is 7.63. The molecule has 0 radical (unpaired) electrons. The largest absolute Gasteiger partial charge is 0.444 e. The van der Waals surface area contributed by atoms with Gasteiger partial charge in [0.2, 0.25) is 15.9 Å². The quantitative estimate of drug-likeness (QED) is 0.790. The first kappa shape index (κ1) is 20.2. The molecule has 8 nitrogen and oxygen atoms in total. The van der Waals surface area contributed by atoms with Crippen LogP contribution in [0.5, 0.6) is 0 Å². The van der Waals surface area contributed by atoms with Gasteiger partial charge in [0.1, 0.15) is 10.9 Å². The standard InChI is InChI=1S/C17H25N3O5S/c1-17(2,3)25-16(22)19-9-8-12-4-6-13(7-5-12)20-11-14(10-15(20)21)26(18,23)24/h4-7,14H,8-11H2,1-3H3,(H,19,22)(H2,18,23,24). The third kappa shape index (κ3) is 5.70. The molecule has 1 fully saturated rings. The number of amides is 2. The first-order valence-electron chi connectivity index (χ1n) is 8.33. The molecule has 3 N–H and O–H groups in total. The molecule has 0 saturated carbocycles. The van der Waals surface area contributed by atoms with Crippen LogP contribution in [-0.2, 0) is 26.0 Å². The van der Waals surface area contributed by atoms with Crippen LogP contribution in [0.2, 0.25) is 0 Å². The monoisotopic (exact) mass is 383 g/mol. The van der Waals surface area contributed by atoms with Gasteiger partial charge in [-0.25, -0.2) is 18.4 Å². The third-order valence-electron chi connectivity index (χ3n) is 3.88. The Morgan fingerprint density at radius 1 is 1.31 bits per heavy atom. The summed E-state index contributed by atoms with van der Waals surface area (Å²) < 4.78 is 28.0. The van der Waals surface area contributed by atoms with Crippen LogP contribution >= 0.6 is 0 Å². The highest BCUT2D eigenvalue weighted by molar-refractivity contribution is 7.89. The first-order valence-corrected chi connectivity index (χ1v) is 9.94. The van der Waals surface area contributed by atoms with Crippen LogP contribution in [0.25, 0.3) is 0 Å². The van der Waals surface area contributed by atoms with E-state index in [1.165, 1.54) is 4.90 Å². The maximum Gasteiger partial charge on any atom is 0.407 e. The van der Waals surface area contributed by atoms with E-state index in [0.29, 0.717) is 18.7 Å². The molecule has 1 heterocycles. The van der Waals surface area contributed by atoms with Crippen LogP contribution in [-0.4, -0.2) is 44.4 Å². The Labute approximate surface area is 153 Å². The summed E-state index contributed by atoms with van der Waals surface area (Å²) in [4.78, 5) is 25.0. The van der Waals surface area contributed by atoms with Crippen molar-refractivity contribution in [3.63, 3.8) is 0 Å². The lowest BCUT2D eigenvalue weighted by molar-refractivity contribution is -0.117. The van der Waals surface area contributed by atoms with Gasteiger partial charge < -0.3 is 15.0 Å². The van der Waals surface area contributed by atoms with Crippen LogP contribution in [0, 0.1) is 0 Å². The molecule has 0 spiro atoms. The minimum atomic E-state index is -3.73. The number of carbonyl (C=O) groups is 2. The van der Waals surface area contributed by atoms with Gasteiger partial charge in [0, 0.05) is 25.2 Å². The molecule has 9 heteroatoms. The number of carbonyl (C=O) groups excluding carboxylic acids is 2. The van der Waals surface area contributed by atoms with Crippen LogP contribution in [0.1, 0.15) is 32.8 Å². The van der Waals surface area contributed by atoms with E-state index in [2.05, 4.69) is 5.32 Å². The summed E-state index contributed by atoms with van der Waals surface area (Å²) in [5.74, 6) is -0.261. The number of hydrogen-bond acceptors (Lipinski definition) is 5. The lowest BCUT2D eigenvalue weighted by Gasteiger charge is -2.19. The Balaban J connectivity index is 1.89. The summed E-state index contributed by atoms with van der Waals surface area (Å²) in [6.45, 7) is 5.88. The van der Waals surface area contributed by atoms with Crippen molar-refractivity contribution in [3.05, 3.63) is 29.8 Å². The summed E-state index contributed by atoms with van der Waals surface area (Å²) in [7, 11) is -3.73. The first-order chi connectivity index (χ1) is 12.0. The SMILES string of the molecule is CC(C)(C)OC(=O)NCCc1ccc(N2CC(S(N)(=O)=O)CC2=O)cc1. The second-order valence-corrected chi connectivity index (χ2v) is 9.11. The molecule has 1 aliphatic rings. The van der Waals surface area contributed by atoms with Crippen molar-refractivity contribution in [1.82, 2.24) is 5.32 Å². The summed E-state index contributed by atoms with van der Waals surface area (Å²) in [6, 6.07) is 7.19. The number of nitrogens with zero attached hydrogens (tertiary/aromatic N) is 1. The van der Waals surface area contributed by atoms with Gasteiger partial charge in [-0.3, -0.25) is 4.79 Å². The summed E-state index contributed by atoms with van der Waals surface area (Å²) in [6.07, 6.45) is 0.0408. The third-order valence-corrected chi connectivity index (χ3v) is 5.13. The molecule has 1 aliphatic heterocycles. The average molecular weight is 383 g/mol. The number of alkyl carbamates (subject to hydrolysis) is 1. The Morgan fingerprint density at radius 2 is 1.92 bits per heavy atom.